The van der Waals surface area contributed by atoms with Crippen LogP contribution in [0.15, 0.2) is 24.3 Å². The van der Waals surface area contributed by atoms with Gasteiger partial charge in [-0.2, -0.15) is 0 Å². The Morgan fingerprint density at radius 2 is 1.33 bits per heavy atom. The molecule has 0 saturated heterocycles. The van der Waals surface area contributed by atoms with E-state index in [2.05, 4.69) is 26.6 Å². The number of carboxylic acid groups (broad SMARTS) is 2. The molecule has 0 spiro atoms. The maximum absolute atomic E-state index is 13.4. The summed E-state index contributed by atoms with van der Waals surface area (Å²) in [6.45, 7) is 7.82. The molecular formula is C28H40N6O11. The van der Waals surface area contributed by atoms with Crippen LogP contribution in [-0.2, 0) is 33.6 Å². The van der Waals surface area contributed by atoms with Crippen LogP contribution in [0.1, 0.15) is 60.3 Å². The molecule has 45 heavy (non-hydrogen) atoms. The summed E-state index contributed by atoms with van der Waals surface area (Å²) < 4.78 is 0. The van der Waals surface area contributed by atoms with E-state index >= 15 is 0 Å². The van der Waals surface area contributed by atoms with Crippen molar-refractivity contribution in [1.82, 2.24) is 21.3 Å². The Kier molecular flexibility index (Phi) is 15.1. The molecule has 7 N–H and O–H groups in total. The van der Waals surface area contributed by atoms with Crippen LogP contribution < -0.4 is 26.6 Å². The standard InChI is InChI=1S/C28H40N6O11/c1-6-15(4)24(33-25(40)19(11-12-21(36)37)31-27(42)23(14(2)3)29-16(5)35)28(43)32-20(13-22(38)39)26(41)30-17-7-9-18(10-8-17)34(44)45/h7-10,14-15,19-20,23-24H,6,11-13H2,1-5H3,(H,29,35)(H,30,41)(H,31,42)(H,32,43)(H,33,40)(H,36,37)(H,38,39)/t15-,19-,20+,23-,24-/m0/s1. The molecule has 0 radical (unpaired) electrons. The van der Waals surface area contributed by atoms with Gasteiger partial charge in [-0.1, -0.05) is 34.1 Å². The van der Waals surface area contributed by atoms with Gasteiger partial charge in [-0.25, -0.2) is 0 Å². The second-order valence-electron chi connectivity index (χ2n) is 10.7. The zero-order valence-electron chi connectivity index (χ0n) is 25.6. The molecule has 248 valence electrons. The summed E-state index contributed by atoms with van der Waals surface area (Å²) in [5, 5.41) is 41.5. The number of carbonyl (C=O) groups is 7. The number of rotatable bonds is 18. The molecule has 0 aliphatic rings. The molecule has 0 saturated carbocycles. The van der Waals surface area contributed by atoms with E-state index in [0.29, 0.717) is 6.42 Å². The Hall–Kier alpha value is -5.09. The third kappa shape index (κ3) is 13.0. The number of amides is 5. The van der Waals surface area contributed by atoms with Crippen LogP contribution in [0.5, 0.6) is 0 Å². The van der Waals surface area contributed by atoms with Crippen molar-refractivity contribution < 1.29 is 48.7 Å². The summed E-state index contributed by atoms with van der Waals surface area (Å²) in [6.07, 6.45) is -1.38. The van der Waals surface area contributed by atoms with E-state index in [1.807, 2.05) is 0 Å². The number of carboxylic acids is 2. The molecule has 5 atom stereocenters. The fraction of sp³-hybridized carbons (Fsp3) is 0.536. The highest BCUT2D eigenvalue weighted by Gasteiger charge is 2.34. The molecule has 1 aromatic carbocycles. The van der Waals surface area contributed by atoms with E-state index in [9.17, 15) is 53.9 Å². The van der Waals surface area contributed by atoms with E-state index in [1.165, 1.54) is 19.1 Å². The number of nitro benzene ring substituents is 1. The average molecular weight is 637 g/mol. The Bertz CT molecular complexity index is 1270. The number of hydrogen-bond acceptors (Lipinski definition) is 9. The summed E-state index contributed by atoms with van der Waals surface area (Å²) in [5.74, 6) is -7.69. The molecule has 0 heterocycles. The van der Waals surface area contributed by atoms with Crippen LogP contribution in [0.2, 0.25) is 0 Å². The largest absolute Gasteiger partial charge is 0.481 e. The van der Waals surface area contributed by atoms with E-state index < -0.39 is 89.3 Å². The molecule has 1 rings (SSSR count). The zero-order chi connectivity index (χ0) is 34.4. The first-order chi connectivity index (χ1) is 21.0. The Morgan fingerprint density at radius 3 is 1.80 bits per heavy atom. The predicted molar refractivity (Wildman–Crippen MR) is 159 cm³/mol. The first-order valence-electron chi connectivity index (χ1n) is 14.1. The molecule has 0 aliphatic carbocycles. The van der Waals surface area contributed by atoms with Crippen molar-refractivity contribution in [2.45, 2.75) is 84.5 Å². The second kappa shape index (κ2) is 17.9. The average Bonchev–Trinajstić information content (AvgIpc) is 2.95. The summed E-state index contributed by atoms with van der Waals surface area (Å²) in [5.41, 5.74) is -0.152. The topological polar surface area (TPSA) is 263 Å². The van der Waals surface area contributed by atoms with Crippen molar-refractivity contribution in [3.63, 3.8) is 0 Å². The zero-order valence-corrected chi connectivity index (χ0v) is 25.6. The molecule has 0 aromatic heterocycles. The Morgan fingerprint density at radius 1 is 0.778 bits per heavy atom. The van der Waals surface area contributed by atoms with Crippen molar-refractivity contribution in [3.8, 4) is 0 Å². The first-order valence-corrected chi connectivity index (χ1v) is 14.1. The highest BCUT2D eigenvalue weighted by atomic mass is 16.6. The number of nitrogens with zero attached hydrogens (tertiary/aromatic N) is 1. The van der Waals surface area contributed by atoms with Crippen molar-refractivity contribution in [3.05, 3.63) is 34.4 Å². The highest BCUT2D eigenvalue weighted by molar-refractivity contribution is 6.00. The number of carbonyl (C=O) groups excluding carboxylic acids is 5. The van der Waals surface area contributed by atoms with Crippen LogP contribution in [0.25, 0.3) is 0 Å². The van der Waals surface area contributed by atoms with Crippen molar-refractivity contribution in [2.75, 3.05) is 5.32 Å². The van der Waals surface area contributed by atoms with Gasteiger partial charge >= 0.3 is 11.9 Å². The predicted octanol–water partition coefficient (Wildman–Crippen LogP) is 0.534. The summed E-state index contributed by atoms with van der Waals surface area (Å²) >= 11 is 0. The van der Waals surface area contributed by atoms with Crippen LogP contribution in [0.4, 0.5) is 11.4 Å². The van der Waals surface area contributed by atoms with Gasteiger partial charge in [-0.05, 0) is 30.4 Å². The summed E-state index contributed by atoms with van der Waals surface area (Å²) in [4.78, 5) is 97.2. The normalized spacial score (nSPS) is 14.1. The van der Waals surface area contributed by atoms with Gasteiger partial charge in [0.15, 0.2) is 0 Å². The maximum Gasteiger partial charge on any atom is 0.305 e. The van der Waals surface area contributed by atoms with Crippen molar-refractivity contribution in [2.24, 2.45) is 11.8 Å². The van der Waals surface area contributed by atoms with E-state index in [-0.39, 0.29) is 23.7 Å². The van der Waals surface area contributed by atoms with Crippen LogP contribution in [-0.4, -0.2) is 80.8 Å². The van der Waals surface area contributed by atoms with Crippen molar-refractivity contribution in [1.29, 1.82) is 0 Å². The molecule has 0 bridgehead atoms. The SMILES string of the molecule is CC[C@H](C)[C@H](NC(=O)[C@H](CCC(=O)O)NC(=O)[C@@H](NC(C)=O)C(C)C)C(=O)N[C@H](CC(=O)O)C(=O)Nc1ccc([N+](=O)[O-])cc1. The molecule has 0 aliphatic heterocycles. The summed E-state index contributed by atoms with van der Waals surface area (Å²) in [6, 6.07) is -0.752. The van der Waals surface area contributed by atoms with Gasteiger partial charge in [0.05, 0.1) is 11.3 Å². The Labute approximate surface area is 259 Å². The van der Waals surface area contributed by atoms with Gasteiger partial charge in [0.25, 0.3) is 5.69 Å². The van der Waals surface area contributed by atoms with E-state index in [0.717, 1.165) is 12.1 Å². The molecule has 0 unspecified atom stereocenters. The van der Waals surface area contributed by atoms with Gasteiger partial charge in [-0.3, -0.25) is 43.7 Å². The molecular weight excluding hydrogens is 596 g/mol. The lowest BCUT2D eigenvalue weighted by atomic mass is 9.96. The lowest BCUT2D eigenvalue weighted by Crippen LogP contribution is -2.60. The minimum atomic E-state index is -1.62. The molecule has 5 amide bonds. The smallest absolute Gasteiger partial charge is 0.305 e. The number of benzene rings is 1. The van der Waals surface area contributed by atoms with E-state index in [4.69, 9.17) is 0 Å². The number of hydrogen-bond donors (Lipinski definition) is 7. The summed E-state index contributed by atoms with van der Waals surface area (Å²) in [7, 11) is 0. The monoisotopic (exact) mass is 636 g/mol. The van der Waals surface area contributed by atoms with Crippen LogP contribution in [0.3, 0.4) is 0 Å². The quantitative estimate of drug-likeness (QED) is 0.0863. The van der Waals surface area contributed by atoms with Gasteiger partial charge in [0, 0.05) is 31.2 Å². The molecule has 0 fully saturated rings. The number of nitrogens with one attached hydrogen (secondary N) is 5. The fourth-order valence-corrected chi connectivity index (χ4v) is 4.05. The van der Waals surface area contributed by atoms with Gasteiger partial charge < -0.3 is 36.8 Å². The van der Waals surface area contributed by atoms with Gasteiger partial charge in [0.1, 0.15) is 24.2 Å². The number of anilines is 1. The Balaban J connectivity index is 3.21. The lowest BCUT2D eigenvalue weighted by molar-refractivity contribution is -0.384. The van der Waals surface area contributed by atoms with Gasteiger partial charge in [0.2, 0.25) is 29.5 Å². The minimum absolute atomic E-state index is 0.0954. The molecule has 17 nitrogen and oxygen atoms in total. The number of nitro groups is 1. The highest BCUT2D eigenvalue weighted by Crippen LogP contribution is 2.16. The molecule has 1 aromatic rings. The lowest BCUT2D eigenvalue weighted by Gasteiger charge is -2.29. The van der Waals surface area contributed by atoms with E-state index in [1.54, 1.807) is 27.7 Å². The van der Waals surface area contributed by atoms with Crippen LogP contribution >= 0.6 is 0 Å². The minimum Gasteiger partial charge on any atom is -0.481 e. The number of non-ortho nitro benzene ring substituents is 1. The van der Waals surface area contributed by atoms with Crippen LogP contribution in [0, 0.1) is 22.0 Å². The fourth-order valence-electron chi connectivity index (χ4n) is 4.05. The van der Waals surface area contributed by atoms with Crippen molar-refractivity contribution >= 4 is 52.8 Å². The third-order valence-electron chi connectivity index (χ3n) is 6.74. The second-order valence-corrected chi connectivity index (χ2v) is 10.7. The first kappa shape index (κ1) is 37.9. The number of aliphatic carboxylic acids is 2. The van der Waals surface area contributed by atoms with Gasteiger partial charge in [-0.15, -0.1) is 0 Å². The third-order valence-corrected chi connectivity index (χ3v) is 6.74. The molecule has 17 heteroatoms. The maximum atomic E-state index is 13.4.